The van der Waals surface area contributed by atoms with Crippen LogP contribution in [0.15, 0.2) is 0 Å². The third-order valence-corrected chi connectivity index (χ3v) is 5.86. The summed E-state index contributed by atoms with van der Waals surface area (Å²) < 4.78 is 0. The van der Waals surface area contributed by atoms with E-state index >= 15 is 0 Å². The van der Waals surface area contributed by atoms with Gasteiger partial charge in [-0.15, -0.1) is 8.46 Å². The van der Waals surface area contributed by atoms with Crippen molar-refractivity contribution in [1.29, 1.82) is 0 Å². The first-order valence-electron chi connectivity index (χ1n) is 8.13. The van der Waals surface area contributed by atoms with Gasteiger partial charge < -0.3 is 11.1 Å². The summed E-state index contributed by atoms with van der Waals surface area (Å²) in [6.07, 6.45) is 6.95. The molecular weight excluding hydrogens is 411 g/mol. The highest BCUT2D eigenvalue weighted by atomic mass is 127. The van der Waals surface area contributed by atoms with E-state index in [9.17, 15) is 9.59 Å². The van der Waals surface area contributed by atoms with Gasteiger partial charge in [0.05, 0.1) is 5.66 Å². The normalized spacial score (nSPS) is 18.8. The van der Waals surface area contributed by atoms with Gasteiger partial charge in [0, 0.05) is 13.0 Å². The molecule has 1 fully saturated rings. The van der Waals surface area contributed by atoms with Crippen molar-refractivity contribution in [3.8, 4) is 0 Å². The van der Waals surface area contributed by atoms with Gasteiger partial charge in [-0.3, -0.25) is 14.5 Å². The highest BCUT2D eigenvalue weighted by Crippen LogP contribution is 2.30. The minimum Gasteiger partial charge on any atom is -0.330 e. The molecule has 8 heteroatoms. The Kier molecular flexibility index (Phi) is 11.7. The molecule has 0 saturated carbocycles. The van der Waals surface area contributed by atoms with E-state index in [2.05, 4.69) is 27.7 Å². The van der Waals surface area contributed by atoms with Crippen LogP contribution >= 0.6 is 30.8 Å². The molecule has 1 saturated heterocycles. The first-order chi connectivity index (χ1) is 10.7. The second kappa shape index (κ2) is 12.7. The number of nitrogens with two attached hydrogens (primary N) is 1. The van der Waals surface area contributed by atoms with Crippen LogP contribution in [0.3, 0.4) is 0 Å². The minimum absolute atomic E-state index is 0.0128. The molecule has 0 aromatic heterocycles. The number of hydrogen-bond acceptors (Lipinski definition) is 4. The van der Waals surface area contributed by atoms with Crippen LogP contribution in [-0.4, -0.2) is 53.4 Å². The zero-order valence-electron chi connectivity index (χ0n) is 13.2. The minimum atomic E-state index is -0.0837. The molecule has 0 aromatic carbocycles. The molecule has 125 valence electrons. The van der Waals surface area contributed by atoms with Gasteiger partial charge in [-0.1, -0.05) is 12.8 Å². The highest BCUT2D eigenvalue weighted by molar-refractivity contribution is 14.1. The molecule has 0 aliphatic carbocycles. The number of carbonyl (C=O) groups is 2. The predicted octanol–water partition coefficient (Wildman–Crippen LogP) is 1.65. The van der Waals surface area contributed by atoms with E-state index in [1.807, 2.05) is 4.86 Å². The van der Waals surface area contributed by atoms with Crippen LogP contribution in [0, 0.1) is 0 Å². The topological polar surface area (TPSA) is 75.4 Å². The summed E-state index contributed by atoms with van der Waals surface area (Å²) in [5.41, 5.74) is 5.36. The Morgan fingerprint density at radius 1 is 1.18 bits per heavy atom. The monoisotopic (exact) mass is 438 g/mol. The summed E-state index contributed by atoms with van der Waals surface area (Å²) in [4.78, 5) is 27.3. The lowest BCUT2D eigenvalue weighted by Gasteiger charge is -2.14. The number of rotatable bonds is 13. The zero-order valence-corrected chi connectivity index (χ0v) is 16.3. The van der Waals surface area contributed by atoms with Gasteiger partial charge in [0.1, 0.15) is 0 Å². The number of likely N-dealkylation sites (tertiary alicyclic amines) is 1. The van der Waals surface area contributed by atoms with Crippen LogP contribution in [-0.2, 0) is 9.59 Å². The van der Waals surface area contributed by atoms with Crippen molar-refractivity contribution < 1.29 is 9.59 Å². The fraction of sp³-hybridized carbons (Fsp3) is 0.857. The molecular formula is C14H27BIN3O2P. The fourth-order valence-corrected chi connectivity index (χ4v) is 4.56. The number of amides is 2. The number of carbonyl (C=O) groups excluding carboxylic acids is 2. The second-order valence-corrected chi connectivity index (χ2v) is 8.69. The van der Waals surface area contributed by atoms with Crippen LogP contribution in [0.4, 0.5) is 0 Å². The third kappa shape index (κ3) is 7.71. The Labute approximate surface area is 149 Å². The molecule has 1 aliphatic heterocycles. The summed E-state index contributed by atoms with van der Waals surface area (Å²) in [7, 11) is 0.457. The molecule has 1 aliphatic rings. The van der Waals surface area contributed by atoms with Crippen LogP contribution in [0.1, 0.15) is 44.9 Å². The lowest BCUT2D eigenvalue weighted by molar-refractivity contribution is -0.138. The fourth-order valence-electron chi connectivity index (χ4n) is 2.52. The molecule has 0 spiro atoms. The van der Waals surface area contributed by atoms with E-state index in [1.165, 1.54) is 17.7 Å². The molecule has 2 atom stereocenters. The van der Waals surface area contributed by atoms with E-state index in [0.717, 1.165) is 45.3 Å². The maximum absolute atomic E-state index is 12.1. The molecule has 3 N–H and O–H groups in total. The summed E-state index contributed by atoms with van der Waals surface area (Å²) in [5.74, 6) is 0.0491. The third-order valence-electron chi connectivity index (χ3n) is 3.80. The van der Waals surface area contributed by atoms with Gasteiger partial charge in [0.15, 0.2) is 0 Å². The van der Waals surface area contributed by atoms with E-state index in [4.69, 9.17) is 5.73 Å². The number of nitrogens with one attached hydrogen (secondary N) is 1. The number of unbranched alkanes of at least 4 members (excludes halogenated alkanes) is 4. The maximum Gasteiger partial charge on any atom is 0.236 e. The van der Waals surface area contributed by atoms with Gasteiger partial charge in [-0.2, -0.15) is 22.4 Å². The summed E-state index contributed by atoms with van der Waals surface area (Å²) in [6.45, 7) is 3.44. The first kappa shape index (κ1) is 20.3. The average molecular weight is 438 g/mol. The van der Waals surface area contributed by atoms with Crippen molar-refractivity contribution in [2.75, 3.05) is 26.2 Å². The number of nitrogens with zero attached hydrogens (tertiary/aromatic N) is 1. The van der Waals surface area contributed by atoms with Crippen LogP contribution in [0.2, 0.25) is 0 Å². The van der Waals surface area contributed by atoms with Gasteiger partial charge in [-0.05, 0) is 45.3 Å². The Balaban J connectivity index is 2.00. The Morgan fingerprint density at radius 3 is 2.50 bits per heavy atom. The van der Waals surface area contributed by atoms with Crippen molar-refractivity contribution in [3.63, 3.8) is 0 Å². The molecule has 1 radical (unpaired) electrons. The molecule has 1 heterocycles. The molecule has 22 heavy (non-hydrogen) atoms. The predicted molar refractivity (Wildman–Crippen MR) is 103 cm³/mol. The zero-order chi connectivity index (χ0) is 16.2. The maximum atomic E-state index is 12.1. The van der Waals surface area contributed by atoms with Crippen molar-refractivity contribution in [2.45, 2.75) is 50.6 Å². The van der Waals surface area contributed by atoms with E-state index in [0.29, 0.717) is 21.4 Å². The van der Waals surface area contributed by atoms with Gasteiger partial charge in [0.25, 0.3) is 0 Å². The van der Waals surface area contributed by atoms with E-state index in [1.54, 1.807) is 0 Å². The molecule has 1 rings (SSSR count). The second-order valence-electron chi connectivity index (χ2n) is 5.58. The Bertz CT molecular complexity index is 350. The summed E-state index contributed by atoms with van der Waals surface area (Å²) in [6, 6.07) is 0. The van der Waals surface area contributed by atoms with Gasteiger partial charge in [0.2, 0.25) is 16.7 Å². The lowest BCUT2D eigenvalue weighted by atomic mass is 10.2. The molecule has 0 aromatic rings. The average Bonchev–Trinajstić information content (AvgIpc) is 2.76. The molecule has 2 unspecified atom stereocenters. The lowest BCUT2D eigenvalue weighted by Crippen LogP contribution is -2.32. The van der Waals surface area contributed by atoms with Crippen LogP contribution < -0.4 is 11.1 Å². The number of imide groups is 1. The van der Waals surface area contributed by atoms with Crippen molar-refractivity contribution in [1.82, 2.24) is 10.2 Å². The standard InChI is InChI=1S/C14H27BIN3O2P/c16-15-22-12-11-13(20)19(14(12)21)10-6-2-5-9-18-8-4-1-3-7-17/h12,18,22H,1-11,17H2. The number of hydrogen-bond donors (Lipinski definition) is 2. The van der Waals surface area contributed by atoms with Gasteiger partial charge in [-0.25, -0.2) is 0 Å². The highest BCUT2D eigenvalue weighted by Gasteiger charge is 2.37. The summed E-state index contributed by atoms with van der Waals surface area (Å²) >= 11 is 2.15. The largest absolute Gasteiger partial charge is 0.330 e. The SMILES string of the molecule is NCCCCCNCCCCCN1C(=O)CC(P[B]I)C1=O. The van der Waals surface area contributed by atoms with Crippen molar-refractivity contribution in [2.24, 2.45) is 5.73 Å². The van der Waals surface area contributed by atoms with E-state index < -0.39 is 0 Å². The summed E-state index contributed by atoms with van der Waals surface area (Å²) in [5, 5.41) is 3.42. The molecule has 0 bridgehead atoms. The first-order valence-corrected chi connectivity index (χ1v) is 10.5. The van der Waals surface area contributed by atoms with Gasteiger partial charge >= 0.3 is 0 Å². The smallest absolute Gasteiger partial charge is 0.236 e. The van der Waals surface area contributed by atoms with E-state index in [-0.39, 0.29) is 17.5 Å². The number of halogens is 1. The van der Waals surface area contributed by atoms with Crippen molar-refractivity contribution in [3.05, 3.63) is 0 Å². The Morgan fingerprint density at radius 2 is 1.86 bits per heavy atom. The Hall–Kier alpha value is 0.285. The van der Waals surface area contributed by atoms with Crippen LogP contribution in [0.25, 0.3) is 0 Å². The molecule has 5 nitrogen and oxygen atoms in total. The van der Waals surface area contributed by atoms with Crippen LogP contribution in [0.5, 0.6) is 0 Å². The molecule has 2 amide bonds. The quantitative estimate of drug-likeness (QED) is 0.151. The van der Waals surface area contributed by atoms with Crippen molar-refractivity contribution >= 4 is 47.5 Å².